The highest BCUT2D eigenvalue weighted by Gasteiger charge is 2.37. The fraction of sp³-hybridized carbons (Fsp3) is 0.625. The number of hydrogen-bond donors (Lipinski definition) is 0. The van der Waals surface area contributed by atoms with Crippen LogP contribution in [-0.4, -0.2) is 35.8 Å². The third-order valence-corrected chi connectivity index (χ3v) is 2.11. The van der Waals surface area contributed by atoms with Gasteiger partial charge in [0.15, 0.2) is 0 Å². The summed E-state index contributed by atoms with van der Waals surface area (Å²) < 4.78 is 4.30. The predicted octanol–water partition coefficient (Wildman–Crippen LogP) is -0.692. The monoisotopic (exact) mass is 183 g/mol. The largest absolute Gasteiger partial charge is 0.390 e. The highest BCUT2D eigenvalue weighted by atomic mass is 16.6. The van der Waals surface area contributed by atoms with E-state index in [1.54, 1.807) is 0 Å². The average molecular weight is 183 g/mol. The van der Waals surface area contributed by atoms with Crippen LogP contribution in [-0.2, 0) is 19.1 Å². The van der Waals surface area contributed by atoms with Gasteiger partial charge in [0.05, 0.1) is 0 Å². The molecule has 5 heteroatoms. The molecule has 2 rings (SSSR count). The van der Waals surface area contributed by atoms with E-state index in [9.17, 15) is 14.4 Å². The molecular weight excluding hydrogens is 174 g/mol. The van der Waals surface area contributed by atoms with Crippen LogP contribution in [0, 0.1) is 5.92 Å². The molecule has 2 aliphatic rings. The quantitative estimate of drug-likeness (QED) is 0.398. The van der Waals surface area contributed by atoms with Gasteiger partial charge in [-0.15, -0.1) is 0 Å². The Morgan fingerprint density at radius 3 is 2.23 bits per heavy atom. The van der Waals surface area contributed by atoms with Crippen LogP contribution in [0.2, 0.25) is 0 Å². The van der Waals surface area contributed by atoms with E-state index >= 15 is 0 Å². The van der Waals surface area contributed by atoms with Crippen molar-refractivity contribution < 1.29 is 19.1 Å². The van der Waals surface area contributed by atoms with E-state index in [1.807, 2.05) is 0 Å². The maximum absolute atomic E-state index is 11.4. The van der Waals surface area contributed by atoms with Crippen LogP contribution < -0.4 is 0 Å². The molecule has 0 bridgehead atoms. The Kier molecular flexibility index (Phi) is 1.79. The van der Waals surface area contributed by atoms with E-state index in [2.05, 4.69) is 4.74 Å². The molecule has 13 heavy (non-hydrogen) atoms. The average Bonchev–Trinajstić information content (AvgIpc) is 2.83. The Morgan fingerprint density at radius 1 is 1.23 bits per heavy atom. The third-order valence-electron chi connectivity index (χ3n) is 2.11. The van der Waals surface area contributed by atoms with Crippen LogP contribution >= 0.6 is 0 Å². The molecule has 1 saturated heterocycles. The van der Waals surface area contributed by atoms with Crippen molar-refractivity contribution in [2.45, 2.75) is 12.8 Å². The van der Waals surface area contributed by atoms with Crippen LogP contribution in [0.15, 0.2) is 0 Å². The highest BCUT2D eigenvalue weighted by Crippen LogP contribution is 2.31. The minimum atomic E-state index is -0.634. The third kappa shape index (κ3) is 1.68. The number of amides is 1. The van der Waals surface area contributed by atoms with Gasteiger partial charge in [0.1, 0.15) is 13.1 Å². The summed E-state index contributed by atoms with van der Waals surface area (Å²) in [5.41, 5.74) is 0. The molecule has 1 saturated carbocycles. The van der Waals surface area contributed by atoms with Crippen LogP contribution in [0.3, 0.4) is 0 Å². The van der Waals surface area contributed by atoms with E-state index in [0.29, 0.717) is 0 Å². The Labute approximate surface area is 74.6 Å². The van der Waals surface area contributed by atoms with Gasteiger partial charge >= 0.3 is 11.9 Å². The van der Waals surface area contributed by atoms with Gasteiger partial charge in [-0.05, 0) is 12.8 Å². The smallest absolute Gasteiger partial charge is 0.333 e. The zero-order valence-corrected chi connectivity index (χ0v) is 6.99. The molecule has 0 unspecified atom stereocenters. The number of carbonyl (C=O) groups excluding carboxylic acids is 3. The topological polar surface area (TPSA) is 63.7 Å². The number of esters is 2. The zero-order chi connectivity index (χ0) is 9.42. The highest BCUT2D eigenvalue weighted by molar-refractivity contribution is 5.96. The molecule has 1 aliphatic carbocycles. The number of hydrogen-bond acceptors (Lipinski definition) is 4. The predicted molar refractivity (Wildman–Crippen MR) is 40.4 cm³/mol. The molecule has 0 N–H and O–H groups in total. The summed E-state index contributed by atoms with van der Waals surface area (Å²) in [5.74, 6) is -1.32. The fourth-order valence-corrected chi connectivity index (χ4v) is 1.30. The van der Waals surface area contributed by atoms with Crippen molar-refractivity contribution in [1.29, 1.82) is 0 Å². The molecule has 1 aliphatic heterocycles. The van der Waals surface area contributed by atoms with Crippen LogP contribution in [0.4, 0.5) is 0 Å². The van der Waals surface area contributed by atoms with Gasteiger partial charge < -0.3 is 9.64 Å². The van der Waals surface area contributed by atoms with Gasteiger partial charge in [-0.25, -0.2) is 9.59 Å². The van der Waals surface area contributed by atoms with E-state index in [1.165, 1.54) is 4.90 Å². The molecule has 0 aromatic rings. The summed E-state index contributed by atoms with van der Waals surface area (Å²) in [6, 6.07) is 0. The summed E-state index contributed by atoms with van der Waals surface area (Å²) in [6.45, 7) is -0.165. The number of cyclic esters (lactones) is 2. The molecule has 0 aromatic heterocycles. The van der Waals surface area contributed by atoms with Crippen molar-refractivity contribution in [2.24, 2.45) is 5.92 Å². The van der Waals surface area contributed by atoms with Crippen LogP contribution in [0.5, 0.6) is 0 Å². The Balaban J connectivity index is 2.01. The molecule has 0 radical (unpaired) electrons. The van der Waals surface area contributed by atoms with E-state index in [4.69, 9.17) is 0 Å². The summed E-state index contributed by atoms with van der Waals surface area (Å²) in [4.78, 5) is 34.3. The Bertz CT molecular complexity index is 266. The lowest BCUT2D eigenvalue weighted by molar-refractivity contribution is -0.170. The van der Waals surface area contributed by atoms with Crippen LogP contribution in [0.25, 0.3) is 0 Å². The van der Waals surface area contributed by atoms with Crippen molar-refractivity contribution in [3.63, 3.8) is 0 Å². The first-order chi connectivity index (χ1) is 6.16. The minimum Gasteiger partial charge on any atom is -0.390 e. The molecular formula is C8H9NO4. The first-order valence-electron chi connectivity index (χ1n) is 4.19. The lowest BCUT2D eigenvalue weighted by Crippen LogP contribution is -2.46. The fourth-order valence-electron chi connectivity index (χ4n) is 1.30. The molecule has 2 fully saturated rings. The molecule has 0 atom stereocenters. The van der Waals surface area contributed by atoms with Crippen molar-refractivity contribution in [2.75, 3.05) is 13.1 Å². The number of carbonyl (C=O) groups is 3. The molecule has 0 aromatic carbocycles. The number of nitrogens with zero attached hydrogens (tertiary/aromatic N) is 1. The summed E-state index contributed by atoms with van der Waals surface area (Å²) >= 11 is 0. The molecule has 0 spiro atoms. The second kappa shape index (κ2) is 2.83. The lowest BCUT2D eigenvalue weighted by atomic mass is 10.3. The maximum atomic E-state index is 11.4. The molecule has 1 amide bonds. The summed E-state index contributed by atoms with van der Waals surface area (Å²) in [5, 5.41) is 0. The second-order valence-electron chi connectivity index (χ2n) is 3.31. The first kappa shape index (κ1) is 8.22. The lowest BCUT2D eigenvalue weighted by Gasteiger charge is -2.24. The van der Waals surface area contributed by atoms with Gasteiger partial charge in [0.25, 0.3) is 0 Å². The molecule has 1 heterocycles. The number of rotatable bonds is 1. The van der Waals surface area contributed by atoms with Gasteiger partial charge in [0.2, 0.25) is 5.91 Å². The summed E-state index contributed by atoms with van der Waals surface area (Å²) in [6.07, 6.45) is 1.75. The van der Waals surface area contributed by atoms with Crippen molar-refractivity contribution >= 4 is 17.8 Å². The minimum absolute atomic E-state index is 0.0405. The van der Waals surface area contributed by atoms with Gasteiger partial charge in [-0.3, -0.25) is 4.79 Å². The molecule has 70 valence electrons. The number of ether oxygens (including phenoxy) is 1. The van der Waals surface area contributed by atoms with Crippen molar-refractivity contribution in [3.8, 4) is 0 Å². The number of morpholine rings is 1. The van der Waals surface area contributed by atoms with Crippen molar-refractivity contribution in [1.82, 2.24) is 4.90 Å². The normalized spacial score (nSPS) is 22.9. The Morgan fingerprint density at radius 2 is 1.77 bits per heavy atom. The SMILES string of the molecule is O=C1CN(C(=O)C2CC2)CC(=O)O1. The molecule has 5 nitrogen and oxygen atoms in total. The van der Waals surface area contributed by atoms with Crippen LogP contribution in [0.1, 0.15) is 12.8 Å². The second-order valence-corrected chi connectivity index (χ2v) is 3.31. The van der Waals surface area contributed by atoms with E-state index < -0.39 is 11.9 Å². The Hall–Kier alpha value is -1.39. The van der Waals surface area contributed by atoms with E-state index in [-0.39, 0.29) is 24.9 Å². The maximum Gasteiger partial charge on any atom is 0.333 e. The van der Waals surface area contributed by atoms with E-state index in [0.717, 1.165) is 12.8 Å². The van der Waals surface area contributed by atoms with Crippen molar-refractivity contribution in [3.05, 3.63) is 0 Å². The van der Waals surface area contributed by atoms with Gasteiger partial charge in [0, 0.05) is 5.92 Å². The zero-order valence-electron chi connectivity index (χ0n) is 6.99. The summed E-state index contributed by atoms with van der Waals surface area (Å²) in [7, 11) is 0. The van der Waals surface area contributed by atoms with Gasteiger partial charge in [-0.2, -0.15) is 0 Å². The van der Waals surface area contributed by atoms with Gasteiger partial charge in [-0.1, -0.05) is 0 Å². The first-order valence-corrected chi connectivity index (χ1v) is 4.19. The standard InChI is InChI=1S/C8H9NO4/c10-6-3-9(4-7(11)13-6)8(12)5-1-2-5/h5H,1-4H2.